The van der Waals surface area contributed by atoms with E-state index in [1.54, 1.807) is 13.0 Å². The second-order valence-corrected chi connectivity index (χ2v) is 7.42. The number of rotatable bonds is 4. The summed E-state index contributed by atoms with van der Waals surface area (Å²) in [6, 6.07) is 20.2. The lowest BCUT2D eigenvalue weighted by molar-refractivity contribution is -0.133. The van der Waals surface area contributed by atoms with E-state index in [0.29, 0.717) is 11.3 Å². The fourth-order valence-electron chi connectivity index (χ4n) is 3.53. The number of hydrogen-bond donors (Lipinski definition) is 2. The molecule has 0 saturated carbocycles. The van der Waals surface area contributed by atoms with Crippen molar-refractivity contribution in [3.8, 4) is 0 Å². The van der Waals surface area contributed by atoms with Crippen LogP contribution in [0.1, 0.15) is 18.1 Å². The number of carbonyl (C=O) groups is 3. The first-order valence-electron chi connectivity index (χ1n) is 9.37. The molecule has 2 N–H and O–H groups in total. The molecular formula is C23H21N3O3. The molecule has 29 heavy (non-hydrogen) atoms. The van der Waals surface area contributed by atoms with Crippen LogP contribution < -0.4 is 10.6 Å². The van der Waals surface area contributed by atoms with Crippen molar-refractivity contribution in [1.82, 2.24) is 10.2 Å². The highest BCUT2D eigenvalue weighted by molar-refractivity contribution is 6.10. The number of amides is 4. The average molecular weight is 387 g/mol. The van der Waals surface area contributed by atoms with Gasteiger partial charge in [-0.3, -0.25) is 14.5 Å². The molecule has 4 amide bonds. The van der Waals surface area contributed by atoms with Crippen LogP contribution in [0.5, 0.6) is 0 Å². The zero-order chi connectivity index (χ0) is 20.6. The molecule has 0 unspecified atom stereocenters. The van der Waals surface area contributed by atoms with Gasteiger partial charge in [0.15, 0.2) is 0 Å². The zero-order valence-corrected chi connectivity index (χ0v) is 16.2. The standard InChI is InChI=1S/C23H21N3O3/c1-15-7-10-18(11-8-15)23(2)21(28)26(22(29)25-23)14-20(27)24-19-12-9-16-5-3-4-6-17(16)13-19/h3-13H,14H2,1-2H3,(H,24,27)(H,25,29)/t23-/m0/s1. The Morgan fingerprint density at radius 3 is 2.41 bits per heavy atom. The molecule has 3 aromatic carbocycles. The molecule has 1 saturated heterocycles. The van der Waals surface area contributed by atoms with E-state index in [-0.39, 0.29) is 6.54 Å². The van der Waals surface area contributed by atoms with Gasteiger partial charge in [0, 0.05) is 5.69 Å². The highest BCUT2D eigenvalue weighted by Crippen LogP contribution is 2.29. The van der Waals surface area contributed by atoms with Gasteiger partial charge < -0.3 is 10.6 Å². The fraction of sp³-hybridized carbons (Fsp3) is 0.174. The molecule has 0 spiro atoms. The number of nitrogens with one attached hydrogen (secondary N) is 2. The second kappa shape index (κ2) is 7.05. The summed E-state index contributed by atoms with van der Waals surface area (Å²) in [6.07, 6.45) is 0. The third-order valence-electron chi connectivity index (χ3n) is 5.24. The minimum absolute atomic E-state index is 0.348. The van der Waals surface area contributed by atoms with Crippen LogP contribution in [0.15, 0.2) is 66.7 Å². The van der Waals surface area contributed by atoms with E-state index in [1.807, 2.05) is 67.6 Å². The van der Waals surface area contributed by atoms with Crippen molar-refractivity contribution in [2.24, 2.45) is 0 Å². The van der Waals surface area contributed by atoms with Gasteiger partial charge in [-0.05, 0) is 42.3 Å². The summed E-state index contributed by atoms with van der Waals surface area (Å²) in [5, 5.41) is 7.54. The third-order valence-corrected chi connectivity index (χ3v) is 5.24. The SMILES string of the molecule is Cc1ccc([C@]2(C)NC(=O)N(CC(=O)Nc3ccc4ccccc4c3)C2=O)cc1. The van der Waals surface area contributed by atoms with Crippen molar-refractivity contribution in [2.45, 2.75) is 19.4 Å². The van der Waals surface area contributed by atoms with Gasteiger partial charge in [0.1, 0.15) is 12.1 Å². The minimum atomic E-state index is -1.19. The highest BCUT2D eigenvalue weighted by atomic mass is 16.2. The topological polar surface area (TPSA) is 78.5 Å². The average Bonchev–Trinajstić information content (AvgIpc) is 2.92. The Balaban J connectivity index is 1.49. The largest absolute Gasteiger partial charge is 0.325 e. The molecule has 1 fully saturated rings. The van der Waals surface area contributed by atoms with Gasteiger partial charge in [-0.15, -0.1) is 0 Å². The molecule has 3 aromatic rings. The number of nitrogens with zero attached hydrogens (tertiary/aromatic N) is 1. The quantitative estimate of drug-likeness (QED) is 0.672. The Kier molecular flexibility index (Phi) is 4.54. The lowest BCUT2D eigenvalue weighted by atomic mass is 9.91. The van der Waals surface area contributed by atoms with Gasteiger partial charge >= 0.3 is 6.03 Å². The number of aryl methyl sites for hydroxylation is 1. The van der Waals surface area contributed by atoms with Crippen molar-refractivity contribution < 1.29 is 14.4 Å². The van der Waals surface area contributed by atoms with Crippen molar-refractivity contribution in [3.63, 3.8) is 0 Å². The Morgan fingerprint density at radius 2 is 1.69 bits per heavy atom. The summed E-state index contributed by atoms with van der Waals surface area (Å²) in [5.41, 5.74) is 1.16. The molecular weight excluding hydrogens is 366 g/mol. The fourth-order valence-corrected chi connectivity index (χ4v) is 3.53. The zero-order valence-electron chi connectivity index (χ0n) is 16.2. The summed E-state index contributed by atoms with van der Waals surface area (Å²) in [6.45, 7) is 3.25. The van der Waals surface area contributed by atoms with Crippen LogP contribution in [0.4, 0.5) is 10.5 Å². The van der Waals surface area contributed by atoms with Gasteiger partial charge in [-0.2, -0.15) is 0 Å². The van der Waals surface area contributed by atoms with Crippen molar-refractivity contribution in [1.29, 1.82) is 0 Å². The van der Waals surface area contributed by atoms with E-state index in [0.717, 1.165) is 21.2 Å². The summed E-state index contributed by atoms with van der Waals surface area (Å²) in [4.78, 5) is 38.8. The predicted molar refractivity (Wildman–Crippen MR) is 111 cm³/mol. The molecule has 0 aromatic heterocycles. The van der Waals surface area contributed by atoms with Crippen LogP contribution in [-0.4, -0.2) is 29.3 Å². The van der Waals surface area contributed by atoms with Gasteiger partial charge in [0.25, 0.3) is 5.91 Å². The van der Waals surface area contributed by atoms with Crippen molar-refractivity contribution in [2.75, 3.05) is 11.9 Å². The summed E-state index contributed by atoms with van der Waals surface area (Å²) >= 11 is 0. The second-order valence-electron chi connectivity index (χ2n) is 7.42. The minimum Gasteiger partial charge on any atom is -0.325 e. The highest BCUT2D eigenvalue weighted by Gasteiger charge is 2.49. The van der Waals surface area contributed by atoms with Crippen molar-refractivity contribution >= 4 is 34.3 Å². The van der Waals surface area contributed by atoms with Crippen molar-refractivity contribution in [3.05, 3.63) is 77.9 Å². The van der Waals surface area contributed by atoms with E-state index in [1.165, 1.54) is 0 Å². The molecule has 1 atom stereocenters. The Morgan fingerprint density at radius 1 is 1.00 bits per heavy atom. The van der Waals surface area contributed by atoms with E-state index in [4.69, 9.17) is 0 Å². The van der Waals surface area contributed by atoms with Crippen LogP contribution in [0, 0.1) is 6.92 Å². The molecule has 0 bridgehead atoms. The number of benzene rings is 3. The normalized spacial score (nSPS) is 18.8. The number of hydrogen-bond acceptors (Lipinski definition) is 3. The number of fused-ring (bicyclic) bond motifs is 1. The number of imide groups is 1. The maximum absolute atomic E-state index is 12.9. The monoisotopic (exact) mass is 387 g/mol. The Hall–Kier alpha value is -3.67. The number of anilines is 1. The molecule has 1 aliphatic rings. The first-order valence-corrected chi connectivity index (χ1v) is 9.37. The third kappa shape index (κ3) is 3.45. The van der Waals surface area contributed by atoms with Gasteiger partial charge in [0.2, 0.25) is 5.91 Å². The van der Waals surface area contributed by atoms with Gasteiger partial charge in [0.05, 0.1) is 0 Å². The van der Waals surface area contributed by atoms with Crippen LogP contribution in [0.2, 0.25) is 0 Å². The Labute approximate surface area is 168 Å². The molecule has 0 aliphatic carbocycles. The maximum atomic E-state index is 12.9. The number of urea groups is 1. The molecule has 1 heterocycles. The lowest BCUT2D eigenvalue weighted by Crippen LogP contribution is -2.42. The summed E-state index contributed by atoms with van der Waals surface area (Å²) in [7, 11) is 0. The van der Waals surface area contributed by atoms with Crippen LogP contribution in [-0.2, 0) is 15.1 Å². The van der Waals surface area contributed by atoms with Crippen LogP contribution in [0.3, 0.4) is 0 Å². The lowest BCUT2D eigenvalue weighted by Gasteiger charge is -2.22. The van der Waals surface area contributed by atoms with E-state index >= 15 is 0 Å². The first kappa shape index (κ1) is 18.7. The molecule has 4 rings (SSSR count). The Bertz CT molecular complexity index is 1120. The van der Waals surface area contributed by atoms with Gasteiger partial charge in [-0.1, -0.05) is 60.2 Å². The molecule has 1 aliphatic heterocycles. The molecule has 6 heteroatoms. The van der Waals surface area contributed by atoms with Crippen LogP contribution >= 0.6 is 0 Å². The van der Waals surface area contributed by atoms with Crippen LogP contribution in [0.25, 0.3) is 10.8 Å². The van der Waals surface area contributed by atoms with Gasteiger partial charge in [-0.25, -0.2) is 4.79 Å². The summed E-state index contributed by atoms with van der Waals surface area (Å²) < 4.78 is 0. The predicted octanol–water partition coefficient (Wildman–Crippen LogP) is 3.55. The first-order chi connectivity index (χ1) is 13.9. The molecule has 146 valence electrons. The molecule has 0 radical (unpaired) electrons. The van der Waals surface area contributed by atoms with E-state index < -0.39 is 23.4 Å². The summed E-state index contributed by atoms with van der Waals surface area (Å²) in [5.74, 6) is -0.878. The smallest absolute Gasteiger partial charge is 0.325 e. The van der Waals surface area contributed by atoms with E-state index in [2.05, 4.69) is 10.6 Å². The number of carbonyl (C=O) groups excluding carboxylic acids is 3. The maximum Gasteiger partial charge on any atom is 0.325 e. The van der Waals surface area contributed by atoms with E-state index in [9.17, 15) is 14.4 Å². The molecule has 6 nitrogen and oxygen atoms in total.